The molecule has 0 atom stereocenters. The van der Waals surface area contributed by atoms with Gasteiger partial charge in [0.1, 0.15) is 0 Å². The summed E-state index contributed by atoms with van der Waals surface area (Å²) in [5.41, 5.74) is 1.55. The van der Waals surface area contributed by atoms with Crippen LogP contribution in [-0.2, 0) is 6.61 Å². The Balaban J connectivity index is 1.81. The second kappa shape index (κ2) is 5.45. The molecule has 3 nitrogen and oxygen atoms in total. The average Bonchev–Trinajstić information content (AvgIpc) is 2.92. The molecule has 0 fully saturated rings. The minimum Gasteiger partial charge on any atom is -0.392 e. The van der Waals surface area contributed by atoms with Gasteiger partial charge in [0.05, 0.1) is 11.5 Å². The van der Waals surface area contributed by atoms with Crippen LogP contribution in [0.5, 0.6) is 0 Å². The van der Waals surface area contributed by atoms with Crippen LogP contribution in [0.1, 0.15) is 15.2 Å². The summed E-state index contributed by atoms with van der Waals surface area (Å²) in [6.07, 6.45) is 0. The third kappa shape index (κ3) is 2.57. The van der Waals surface area contributed by atoms with E-state index in [0.29, 0.717) is 4.88 Å². The maximum atomic E-state index is 12.2. The largest absolute Gasteiger partial charge is 0.392 e. The van der Waals surface area contributed by atoms with E-state index in [1.807, 2.05) is 30.3 Å². The molecule has 0 bridgehead atoms. The summed E-state index contributed by atoms with van der Waals surface area (Å²) in [7, 11) is 0. The van der Waals surface area contributed by atoms with Crippen LogP contribution in [0.15, 0.2) is 54.6 Å². The van der Waals surface area contributed by atoms with E-state index in [-0.39, 0.29) is 12.5 Å². The second-order valence-corrected chi connectivity index (χ2v) is 5.54. The average molecular weight is 283 g/mol. The standard InChI is InChI=1S/C16H13NO2S/c18-10-11-5-7-13(8-6-11)17-16(19)15-9-12-3-1-2-4-14(12)20-15/h1-9,18H,10H2,(H,17,19). The SMILES string of the molecule is O=C(Nc1ccc(CO)cc1)c1cc2ccccc2s1. The summed E-state index contributed by atoms with van der Waals surface area (Å²) in [5.74, 6) is -0.108. The fourth-order valence-corrected chi connectivity index (χ4v) is 2.94. The molecule has 0 aliphatic rings. The van der Waals surface area contributed by atoms with Crippen molar-refractivity contribution in [1.29, 1.82) is 0 Å². The number of carbonyl (C=O) groups is 1. The van der Waals surface area contributed by atoms with Gasteiger partial charge in [-0.1, -0.05) is 30.3 Å². The fraction of sp³-hybridized carbons (Fsp3) is 0.0625. The molecule has 2 N–H and O–H groups in total. The van der Waals surface area contributed by atoms with Crippen LogP contribution < -0.4 is 5.32 Å². The summed E-state index contributed by atoms with van der Waals surface area (Å²) >= 11 is 1.48. The molecule has 0 saturated carbocycles. The number of amides is 1. The Morgan fingerprint density at radius 2 is 1.85 bits per heavy atom. The molecule has 2 aromatic carbocycles. The Kier molecular flexibility index (Phi) is 3.50. The lowest BCUT2D eigenvalue weighted by Gasteiger charge is -2.04. The Morgan fingerprint density at radius 1 is 1.10 bits per heavy atom. The molecule has 3 rings (SSSR count). The lowest BCUT2D eigenvalue weighted by molar-refractivity contribution is 0.103. The van der Waals surface area contributed by atoms with Gasteiger partial charge in [0.25, 0.3) is 5.91 Å². The van der Waals surface area contributed by atoms with Crippen molar-refractivity contribution in [3.05, 3.63) is 65.0 Å². The molecule has 0 aliphatic carbocycles. The Labute approximate surface area is 120 Å². The lowest BCUT2D eigenvalue weighted by Crippen LogP contribution is -2.09. The summed E-state index contributed by atoms with van der Waals surface area (Å²) in [6, 6.07) is 17.0. The first kappa shape index (κ1) is 12.8. The molecule has 0 radical (unpaired) electrons. The maximum absolute atomic E-state index is 12.2. The molecule has 0 spiro atoms. The zero-order valence-electron chi connectivity index (χ0n) is 10.7. The van der Waals surface area contributed by atoms with Crippen molar-refractivity contribution in [2.24, 2.45) is 0 Å². The lowest BCUT2D eigenvalue weighted by atomic mass is 10.2. The first-order valence-electron chi connectivity index (χ1n) is 6.26. The molecular formula is C16H13NO2S. The minimum absolute atomic E-state index is 0.00450. The summed E-state index contributed by atoms with van der Waals surface area (Å²) in [5, 5.41) is 12.9. The zero-order valence-corrected chi connectivity index (χ0v) is 11.5. The molecule has 1 aromatic heterocycles. The van der Waals surface area contributed by atoms with Gasteiger partial charge in [0.2, 0.25) is 0 Å². The van der Waals surface area contributed by atoms with Crippen molar-refractivity contribution in [3.63, 3.8) is 0 Å². The predicted molar refractivity (Wildman–Crippen MR) is 82.1 cm³/mol. The number of anilines is 1. The van der Waals surface area contributed by atoms with Gasteiger partial charge in [-0.2, -0.15) is 0 Å². The highest BCUT2D eigenvalue weighted by Crippen LogP contribution is 2.26. The highest BCUT2D eigenvalue weighted by Gasteiger charge is 2.10. The van der Waals surface area contributed by atoms with Crippen LogP contribution in [0.25, 0.3) is 10.1 Å². The van der Waals surface area contributed by atoms with Crippen molar-refractivity contribution >= 4 is 33.0 Å². The number of benzene rings is 2. The molecule has 4 heteroatoms. The Hall–Kier alpha value is -2.17. The maximum Gasteiger partial charge on any atom is 0.265 e. The molecule has 0 unspecified atom stereocenters. The summed E-state index contributed by atoms with van der Waals surface area (Å²) in [4.78, 5) is 12.9. The monoisotopic (exact) mass is 283 g/mol. The third-order valence-corrected chi connectivity index (χ3v) is 4.16. The Morgan fingerprint density at radius 3 is 2.55 bits per heavy atom. The number of nitrogens with one attached hydrogen (secondary N) is 1. The van der Waals surface area contributed by atoms with E-state index in [1.165, 1.54) is 11.3 Å². The van der Waals surface area contributed by atoms with Gasteiger partial charge < -0.3 is 10.4 Å². The van der Waals surface area contributed by atoms with Crippen LogP contribution in [0, 0.1) is 0 Å². The van der Waals surface area contributed by atoms with E-state index in [9.17, 15) is 4.79 Å². The van der Waals surface area contributed by atoms with Gasteiger partial charge in [0, 0.05) is 10.4 Å². The van der Waals surface area contributed by atoms with E-state index in [2.05, 4.69) is 5.32 Å². The fourth-order valence-electron chi connectivity index (χ4n) is 1.98. The van der Waals surface area contributed by atoms with Crippen molar-refractivity contribution in [1.82, 2.24) is 0 Å². The minimum atomic E-state index is -0.108. The first-order valence-corrected chi connectivity index (χ1v) is 7.07. The molecule has 0 aliphatic heterocycles. The Bertz CT molecular complexity index is 714. The quantitative estimate of drug-likeness (QED) is 0.771. The van der Waals surface area contributed by atoms with Crippen LogP contribution in [0.3, 0.4) is 0 Å². The van der Waals surface area contributed by atoms with E-state index < -0.39 is 0 Å². The van der Waals surface area contributed by atoms with Gasteiger partial charge in [-0.15, -0.1) is 11.3 Å². The van der Waals surface area contributed by atoms with Gasteiger partial charge in [-0.3, -0.25) is 4.79 Å². The number of hydrogen-bond acceptors (Lipinski definition) is 3. The molecule has 20 heavy (non-hydrogen) atoms. The van der Waals surface area contributed by atoms with E-state index in [1.54, 1.807) is 24.3 Å². The van der Waals surface area contributed by atoms with E-state index in [0.717, 1.165) is 21.3 Å². The number of aliphatic hydroxyl groups excluding tert-OH is 1. The summed E-state index contributed by atoms with van der Waals surface area (Å²) in [6.45, 7) is 0.00450. The van der Waals surface area contributed by atoms with Crippen molar-refractivity contribution in [3.8, 4) is 0 Å². The number of fused-ring (bicyclic) bond motifs is 1. The highest BCUT2D eigenvalue weighted by atomic mass is 32.1. The van der Waals surface area contributed by atoms with Crippen molar-refractivity contribution in [2.45, 2.75) is 6.61 Å². The predicted octanol–water partition coefficient (Wildman–Crippen LogP) is 3.65. The number of thiophene rings is 1. The van der Waals surface area contributed by atoms with Gasteiger partial charge in [-0.25, -0.2) is 0 Å². The van der Waals surface area contributed by atoms with E-state index >= 15 is 0 Å². The normalized spacial score (nSPS) is 10.7. The molecule has 100 valence electrons. The van der Waals surface area contributed by atoms with Gasteiger partial charge >= 0.3 is 0 Å². The molecule has 3 aromatic rings. The zero-order chi connectivity index (χ0) is 13.9. The molecular weight excluding hydrogens is 270 g/mol. The number of hydrogen-bond donors (Lipinski definition) is 2. The van der Waals surface area contributed by atoms with Gasteiger partial charge in [-0.05, 0) is 35.2 Å². The van der Waals surface area contributed by atoms with E-state index in [4.69, 9.17) is 5.11 Å². The molecule has 1 heterocycles. The first-order chi connectivity index (χ1) is 9.76. The second-order valence-electron chi connectivity index (χ2n) is 4.46. The number of rotatable bonds is 3. The third-order valence-electron chi connectivity index (χ3n) is 3.04. The number of carbonyl (C=O) groups excluding carboxylic acids is 1. The summed E-state index contributed by atoms with van der Waals surface area (Å²) < 4.78 is 1.10. The van der Waals surface area contributed by atoms with Crippen LogP contribution in [0.4, 0.5) is 5.69 Å². The van der Waals surface area contributed by atoms with Crippen LogP contribution >= 0.6 is 11.3 Å². The van der Waals surface area contributed by atoms with Crippen LogP contribution in [-0.4, -0.2) is 11.0 Å². The molecule has 1 amide bonds. The number of aliphatic hydroxyl groups is 1. The van der Waals surface area contributed by atoms with Gasteiger partial charge in [0.15, 0.2) is 0 Å². The van der Waals surface area contributed by atoms with Crippen molar-refractivity contribution in [2.75, 3.05) is 5.32 Å². The highest BCUT2D eigenvalue weighted by molar-refractivity contribution is 7.20. The van der Waals surface area contributed by atoms with Crippen LogP contribution in [0.2, 0.25) is 0 Å². The molecule has 0 saturated heterocycles. The smallest absolute Gasteiger partial charge is 0.265 e. The topological polar surface area (TPSA) is 49.3 Å². The van der Waals surface area contributed by atoms with Crippen molar-refractivity contribution < 1.29 is 9.90 Å².